The molecule has 3 N–H and O–H groups in total. The summed E-state index contributed by atoms with van der Waals surface area (Å²) in [6.07, 6.45) is -0.582. The summed E-state index contributed by atoms with van der Waals surface area (Å²) in [5, 5.41) is 22.3. The molecule has 3 aromatic rings. The van der Waals surface area contributed by atoms with Gasteiger partial charge in [0.05, 0.1) is 5.69 Å². The second-order valence-corrected chi connectivity index (χ2v) is 8.06. The number of aromatic nitrogens is 1. The minimum atomic E-state index is -0.582. The standard InChI is InChI=1S/C21H28N4O2S/c1-5-22-21(23-11-13(2)20-14(3)25-27-15(20)4)24-12-17(26)19-10-16-8-6-7-9-18(16)28-19/h6-10,13,17,26H,5,11-12H2,1-4H3,(H2,22,23,24). The molecule has 0 bridgehead atoms. The van der Waals surface area contributed by atoms with Gasteiger partial charge in [0.25, 0.3) is 0 Å². The maximum atomic E-state index is 10.6. The minimum Gasteiger partial charge on any atom is -0.386 e. The molecule has 150 valence electrons. The van der Waals surface area contributed by atoms with Crippen molar-refractivity contribution in [3.63, 3.8) is 0 Å². The molecular weight excluding hydrogens is 372 g/mol. The van der Waals surface area contributed by atoms with Crippen LogP contribution in [-0.2, 0) is 0 Å². The molecule has 0 amide bonds. The number of nitrogens with one attached hydrogen (secondary N) is 2. The Morgan fingerprint density at radius 1 is 1.29 bits per heavy atom. The Balaban J connectivity index is 1.62. The van der Waals surface area contributed by atoms with Crippen molar-refractivity contribution in [2.45, 2.75) is 39.7 Å². The Morgan fingerprint density at radius 3 is 2.75 bits per heavy atom. The van der Waals surface area contributed by atoms with Gasteiger partial charge in [0.1, 0.15) is 11.9 Å². The summed E-state index contributed by atoms with van der Waals surface area (Å²) in [5.74, 6) is 1.74. The van der Waals surface area contributed by atoms with Crippen molar-refractivity contribution in [3.05, 3.63) is 52.2 Å². The number of benzene rings is 1. The van der Waals surface area contributed by atoms with Crippen LogP contribution in [-0.4, -0.2) is 35.9 Å². The molecule has 0 saturated carbocycles. The monoisotopic (exact) mass is 400 g/mol. The van der Waals surface area contributed by atoms with Gasteiger partial charge in [-0.2, -0.15) is 0 Å². The maximum absolute atomic E-state index is 10.6. The Bertz CT molecular complexity index is 894. The van der Waals surface area contributed by atoms with Crippen molar-refractivity contribution in [2.24, 2.45) is 4.99 Å². The first-order valence-electron chi connectivity index (χ1n) is 9.61. The molecule has 0 fully saturated rings. The van der Waals surface area contributed by atoms with Gasteiger partial charge in [-0.05, 0) is 38.3 Å². The fourth-order valence-corrected chi connectivity index (χ4v) is 4.37. The van der Waals surface area contributed by atoms with Crippen LogP contribution in [0.15, 0.2) is 39.8 Å². The molecule has 2 atom stereocenters. The first kappa shape index (κ1) is 20.4. The van der Waals surface area contributed by atoms with E-state index < -0.39 is 6.10 Å². The lowest BCUT2D eigenvalue weighted by atomic mass is 10.00. The van der Waals surface area contributed by atoms with Crippen LogP contribution in [0.5, 0.6) is 0 Å². The maximum Gasteiger partial charge on any atom is 0.191 e. The summed E-state index contributed by atoms with van der Waals surface area (Å²) in [5.41, 5.74) is 2.03. The molecule has 0 aliphatic carbocycles. The van der Waals surface area contributed by atoms with Crippen molar-refractivity contribution < 1.29 is 9.63 Å². The summed E-state index contributed by atoms with van der Waals surface area (Å²) in [7, 11) is 0. The molecule has 2 unspecified atom stereocenters. The van der Waals surface area contributed by atoms with Crippen LogP contribution in [0.25, 0.3) is 10.1 Å². The number of thiophene rings is 1. The Hall–Kier alpha value is -2.38. The Kier molecular flexibility index (Phi) is 6.70. The largest absolute Gasteiger partial charge is 0.386 e. The number of aliphatic hydroxyl groups excluding tert-OH is 1. The summed E-state index contributed by atoms with van der Waals surface area (Å²) in [4.78, 5) is 5.63. The predicted octanol–water partition coefficient (Wildman–Crippen LogP) is 3.90. The van der Waals surface area contributed by atoms with E-state index in [0.29, 0.717) is 19.0 Å². The number of nitrogens with zero attached hydrogens (tertiary/aromatic N) is 2. The lowest BCUT2D eigenvalue weighted by Crippen LogP contribution is -2.39. The van der Waals surface area contributed by atoms with Crippen LogP contribution in [0.2, 0.25) is 0 Å². The van der Waals surface area contributed by atoms with Gasteiger partial charge in [-0.3, -0.25) is 4.99 Å². The van der Waals surface area contributed by atoms with Crippen LogP contribution in [0.4, 0.5) is 0 Å². The van der Waals surface area contributed by atoms with E-state index in [0.717, 1.165) is 33.8 Å². The lowest BCUT2D eigenvalue weighted by molar-refractivity contribution is 0.184. The lowest BCUT2D eigenvalue weighted by Gasteiger charge is -2.15. The first-order chi connectivity index (χ1) is 13.5. The van der Waals surface area contributed by atoms with E-state index in [9.17, 15) is 5.11 Å². The average molecular weight is 401 g/mol. The van der Waals surface area contributed by atoms with Crippen LogP contribution in [0, 0.1) is 13.8 Å². The number of hydrogen-bond acceptors (Lipinski definition) is 5. The van der Waals surface area contributed by atoms with Crippen LogP contribution < -0.4 is 10.6 Å². The van der Waals surface area contributed by atoms with E-state index in [-0.39, 0.29) is 5.92 Å². The van der Waals surface area contributed by atoms with E-state index in [2.05, 4.69) is 45.9 Å². The van der Waals surface area contributed by atoms with E-state index in [1.54, 1.807) is 11.3 Å². The van der Waals surface area contributed by atoms with Crippen LogP contribution >= 0.6 is 11.3 Å². The number of aryl methyl sites for hydroxylation is 2. The van der Waals surface area contributed by atoms with Gasteiger partial charge < -0.3 is 20.3 Å². The highest BCUT2D eigenvalue weighted by atomic mass is 32.1. The molecule has 7 heteroatoms. The molecular formula is C21H28N4O2S. The third-order valence-corrected chi connectivity index (χ3v) is 5.90. The number of aliphatic hydroxyl groups is 1. The summed E-state index contributed by atoms with van der Waals surface area (Å²) >= 11 is 1.62. The van der Waals surface area contributed by atoms with Gasteiger partial charge in [0, 0.05) is 40.7 Å². The zero-order valence-corrected chi connectivity index (χ0v) is 17.6. The molecule has 0 radical (unpaired) electrons. The second kappa shape index (κ2) is 9.21. The molecule has 0 aliphatic rings. The number of guanidine groups is 1. The molecule has 2 heterocycles. The van der Waals surface area contributed by atoms with E-state index in [1.807, 2.05) is 32.9 Å². The summed E-state index contributed by atoms with van der Waals surface area (Å²) in [6, 6.07) is 10.2. The van der Waals surface area contributed by atoms with Crippen molar-refractivity contribution in [1.29, 1.82) is 0 Å². The molecule has 6 nitrogen and oxygen atoms in total. The third-order valence-electron chi connectivity index (χ3n) is 4.68. The third kappa shape index (κ3) is 4.72. The number of fused-ring (bicyclic) bond motifs is 1. The van der Waals surface area contributed by atoms with Gasteiger partial charge in [0.15, 0.2) is 5.96 Å². The van der Waals surface area contributed by atoms with Crippen LogP contribution in [0.3, 0.4) is 0 Å². The highest BCUT2D eigenvalue weighted by Crippen LogP contribution is 2.29. The second-order valence-electron chi connectivity index (χ2n) is 6.94. The van der Waals surface area contributed by atoms with Gasteiger partial charge in [-0.25, -0.2) is 0 Å². The quantitative estimate of drug-likeness (QED) is 0.414. The average Bonchev–Trinajstić information content (AvgIpc) is 3.26. The Labute approximate surface area is 169 Å². The molecule has 0 aliphatic heterocycles. The zero-order chi connectivity index (χ0) is 20.1. The minimum absolute atomic E-state index is 0.203. The number of rotatable bonds is 7. The summed E-state index contributed by atoms with van der Waals surface area (Å²) in [6.45, 7) is 9.79. The van der Waals surface area contributed by atoms with Crippen LogP contribution in [0.1, 0.15) is 47.8 Å². The fraction of sp³-hybridized carbons (Fsp3) is 0.429. The van der Waals surface area contributed by atoms with E-state index in [4.69, 9.17) is 4.52 Å². The van der Waals surface area contributed by atoms with Gasteiger partial charge in [-0.1, -0.05) is 30.3 Å². The predicted molar refractivity (Wildman–Crippen MR) is 115 cm³/mol. The van der Waals surface area contributed by atoms with Gasteiger partial charge in [0.2, 0.25) is 0 Å². The molecule has 3 rings (SSSR count). The van der Waals surface area contributed by atoms with Crippen molar-refractivity contribution in [2.75, 3.05) is 19.6 Å². The topological polar surface area (TPSA) is 82.7 Å². The van der Waals surface area contributed by atoms with Gasteiger partial charge >= 0.3 is 0 Å². The first-order valence-corrected chi connectivity index (χ1v) is 10.4. The number of hydrogen-bond donors (Lipinski definition) is 3. The fourth-order valence-electron chi connectivity index (χ4n) is 3.32. The molecule has 28 heavy (non-hydrogen) atoms. The molecule has 0 saturated heterocycles. The van der Waals surface area contributed by atoms with Crippen molar-refractivity contribution in [3.8, 4) is 0 Å². The normalized spacial score (nSPS) is 14.2. The van der Waals surface area contributed by atoms with E-state index in [1.165, 1.54) is 4.70 Å². The van der Waals surface area contributed by atoms with Gasteiger partial charge in [-0.15, -0.1) is 11.3 Å². The highest BCUT2D eigenvalue weighted by Gasteiger charge is 2.17. The van der Waals surface area contributed by atoms with Crippen molar-refractivity contribution in [1.82, 2.24) is 15.8 Å². The highest BCUT2D eigenvalue weighted by molar-refractivity contribution is 7.19. The Morgan fingerprint density at radius 2 is 2.07 bits per heavy atom. The van der Waals surface area contributed by atoms with E-state index >= 15 is 0 Å². The summed E-state index contributed by atoms with van der Waals surface area (Å²) < 4.78 is 6.45. The SMILES string of the molecule is CCNC(=NCC(C)c1c(C)noc1C)NCC(O)c1cc2ccccc2s1. The number of aliphatic imine (C=N–C) groups is 1. The smallest absolute Gasteiger partial charge is 0.191 e. The molecule has 1 aromatic carbocycles. The molecule has 2 aromatic heterocycles. The zero-order valence-electron chi connectivity index (χ0n) is 16.8. The van der Waals surface area contributed by atoms with Crippen molar-refractivity contribution >= 4 is 27.4 Å². The molecule has 0 spiro atoms.